The van der Waals surface area contributed by atoms with Gasteiger partial charge in [0.25, 0.3) is 0 Å². The summed E-state index contributed by atoms with van der Waals surface area (Å²) in [4.78, 5) is 16.7. The number of aryl methyl sites for hydroxylation is 1. The predicted molar refractivity (Wildman–Crippen MR) is 84.6 cm³/mol. The molecule has 4 N–H and O–H groups in total. The van der Waals surface area contributed by atoms with Crippen molar-refractivity contribution < 1.29 is 0 Å². The number of rotatable bonds is 5. The summed E-state index contributed by atoms with van der Waals surface area (Å²) in [6, 6.07) is 7.88. The minimum absolute atomic E-state index is 0.180. The minimum atomic E-state index is 0.180. The van der Waals surface area contributed by atoms with Gasteiger partial charge in [0, 0.05) is 5.69 Å². The van der Waals surface area contributed by atoms with Gasteiger partial charge in [0.1, 0.15) is 12.2 Å². The number of nitrogens with one attached hydrogen (secondary N) is 2. The summed E-state index contributed by atoms with van der Waals surface area (Å²) >= 11 is 1.44. The first-order valence-corrected chi connectivity index (χ1v) is 7.50. The van der Waals surface area contributed by atoms with Gasteiger partial charge in [-0.3, -0.25) is 5.10 Å². The number of nitrogens with two attached hydrogens (primary N) is 1. The van der Waals surface area contributed by atoms with Gasteiger partial charge < -0.3 is 11.1 Å². The highest BCUT2D eigenvalue weighted by molar-refractivity contribution is 7.98. The number of nitrogens with zero attached hydrogens (tertiary/aromatic N) is 5. The summed E-state index contributed by atoms with van der Waals surface area (Å²) in [5, 5.41) is 10.4. The van der Waals surface area contributed by atoms with Gasteiger partial charge in [-0.2, -0.15) is 20.1 Å². The average Bonchev–Trinajstić information content (AvgIpc) is 3.00. The largest absolute Gasteiger partial charge is 0.368 e. The summed E-state index contributed by atoms with van der Waals surface area (Å²) in [5.41, 5.74) is 7.78. The van der Waals surface area contributed by atoms with Gasteiger partial charge in [0.2, 0.25) is 11.9 Å². The van der Waals surface area contributed by atoms with Crippen molar-refractivity contribution in [3.05, 3.63) is 42.0 Å². The van der Waals surface area contributed by atoms with Crippen LogP contribution in [0.3, 0.4) is 0 Å². The first-order chi connectivity index (χ1) is 10.7. The molecule has 0 aliphatic heterocycles. The number of benzene rings is 1. The smallest absolute Gasteiger partial charge is 0.232 e. The highest BCUT2D eigenvalue weighted by Crippen LogP contribution is 2.20. The van der Waals surface area contributed by atoms with Gasteiger partial charge in [-0.25, -0.2) is 4.98 Å². The van der Waals surface area contributed by atoms with Crippen molar-refractivity contribution in [3.63, 3.8) is 0 Å². The Morgan fingerprint density at radius 2 is 2.09 bits per heavy atom. The first kappa shape index (κ1) is 14.3. The lowest BCUT2D eigenvalue weighted by molar-refractivity contribution is 0.955. The zero-order chi connectivity index (χ0) is 15.4. The Morgan fingerprint density at radius 3 is 2.86 bits per heavy atom. The second-order valence-electron chi connectivity index (χ2n) is 4.45. The van der Waals surface area contributed by atoms with E-state index >= 15 is 0 Å². The molecule has 3 rings (SSSR count). The summed E-state index contributed by atoms with van der Waals surface area (Å²) in [6.07, 6.45) is 1.45. The number of anilines is 3. The molecule has 1 aromatic carbocycles. The molecule has 2 aromatic heterocycles. The van der Waals surface area contributed by atoms with Crippen molar-refractivity contribution >= 4 is 29.3 Å². The second kappa shape index (κ2) is 6.39. The lowest BCUT2D eigenvalue weighted by Crippen LogP contribution is -2.07. The van der Waals surface area contributed by atoms with E-state index in [-0.39, 0.29) is 5.95 Å². The number of H-pyrrole nitrogens is 1. The maximum atomic E-state index is 5.75. The Balaban J connectivity index is 1.76. The van der Waals surface area contributed by atoms with Crippen molar-refractivity contribution in [2.45, 2.75) is 17.8 Å². The van der Waals surface area contributed by atoms with E-state index in [9.17, 15) is 0 Å². The molecule has 0 saturated heterocycles. The van der Waals surface area contributed by atoms with Crippen LogP contribution in [0.5, 0.6) is 0 Å². The van der Waals surface area contributed by atoms with Crippen LogP contribution in [0.2, 0.25) is 0 Å². The molecular weight excluding hydrogens is 300 g/mol. The van der Waals surface area contributed by atoms with Crippen molar-refractivity contribution in [2.24, 2.45) is 0 Å². The third-order valence-corrected chi connectivity index (χ3v) is 3.69. The molecule has 22 heavy (non-hydrogen) atoms. The second-order valence-corrected chi connectivity index (χ2v) is 5.42. The van der Waals surface area contributed by atoms with E-state index in [0.717, 1.165) is 11.3 Å². The Morgan fingerprint density at radius 1 is 1.23 bits per heavy atom. The standard InChI is InChI=1S/C13H14N8S/c1-8-4-2-3-5-9(8)17-12-19-10(18-11(14)20-12)6-22-13-15-7-16-21-13/h2-5,7H,6H2,1H3,(H,15,16,21)(H3,14,17,18,19,20). The van der Waals surface area contributed by atoms with Crippen molar-refractivity contribution in [3.8, 4) is 0 Å². The topological polar surface area (TPSA) is 118 Å². The van der Waals surface area contributed by atoms with Crippen molar-refractivity contribution in [1.29, 1.82) is 0 Å². The Hall–Kier alpha value is -2.68. The first-order valence-electron chi connectivity index (χ1n) is 6.52. The van der Waals surface area contributed by atoms with E-state index in [2.05, 4.69) is 35.5 Å². The van der Waals surface area contributed by atoms with Gasteiger partial charge in [-0.05, 0) is 18.6 Å². The van der Waals surface area contributed by atoms with E-state index in [1.54, 1.807) is 0 Å². The van der Waals surface area contributed by atoms with E-state index in [1.807, 2.05) is 31.2 Å². The molecule has 2 heterocycles. The normalized spacial score (nSPS) is 10.6. The summed E-state index contributed by atoms with van der Waals surface area (Å²) in [5.74, 6) is 1.70. The quantitative estimate of drug-likeness (QED) is 0.611. The molecule has 0 aliphatic rings. The van der Waals surface area contributed by atoms with Crippen LogP contribution in [0.15, 0.2) is 35.7 Å². The molecule has 0 fully saturated rings. The highest BCUT2D eigenvalue weighted by Gasteiger charge is 2.07. The zero-order valence-corrected chi connectivity index (χ0v) is 12.6. The maximum absolute atomic E-state index is 5.75. The monoisotopic (exact) mass is 314 g/mol. The van der Waals surface area contributed by atoms with Crippen molar-refractivity contribution in [2.75, 3.05) is 11.1 Å². The molecule has 0 radical (unpaired) electrons. The molecule has 0 saturated carbocycles. The molecule has 8 nitrogen and oxygen atoms in total. The van der Waals surface area contributed by atoms with Gasteiger partial charge in [-0.15, -0.1) is 0 Å². The maximum Gasteiger partial charge on any atom is 0.232 e. The number of hydrogen-bond donors (Lipinski definition) is 3. The van der Waals surface area contributed by atoms with Gasteiger partial charge in [0.15, 0.2) is 5.16 Å². The Bertz CT molecular complexity index is 758. The van der Waals surface area contributed by atoms with Crippen molar-refractivity contribution in [1.82, 2.24) is 30.1 Å². The Kier molecular flexibility index (Phi) is 4.15. The number of aromatic amines is 1. The SMILES string of the molecule is Cc1ccccc1Nc1nc(N)nc(CSc2ncn[nH]2)n1. The zero-order valence-electron chi connectivity index (χ0n) is 11.8. The molecule has 3 aromatic rings. The van der Waals surface area contributed by atoms with E-state index in [4.69, 9.17) is 5.73 Å². The fraction of sp³-hybridized carbons (Fsp3) is 0.154. The van der Waals surface area contributed by atoms with E-state index in [0.29, 0.717) is 22.7 Å². The van der Waals surface area contributed by atoms with Crippen LogP contribution in [0.4, 0.5) is 17.6 Å². The van der Waals surface area contributed by atoms with E-state index < -0.39 is 0 Å². The summed E-state index contributed by atoms with van der Waals surface area (Å²) < 4.78 is 0. The number of thioether (sulfide) groups is 1. The lowest BCUT2D eigenvalue weighted by Gasteiger charge is -2.09. The summed E-state index contributed by atoms with van der Waals surface area (Å²) in [7, 11) is 0. The van der Waals surface area contributed by atoms with Crippen LogP contribution in [-0.4, -0.2) is 30.1 Å². The molecule has 0 atom stereocenters. The average molecular weight is 314 g/mol. The van der Waals surface area contributed by atoms with Crippen LogP contribution in [-0.2, 0) is 5.75 Å². The molecule has 112 valence electrons. The lowest BCUT2D eigenvalue weighted by atomic mass is 10.2. The van der Waals surface area contributed by atoms with Crippen LogP contribution >= 0.6 is 11.8 Å². The fourth-order valence-electron chi connectivity index (χ4n) is 1.79. The van der Waals surface area contributed by atoms with Crippen LogP contribution in [0, 0.1) is 6.92 Å². The predicted octanol–water partition coefficient (Wildman–Crippen LogP) is 1.92. The number of aromatic nitrogens is 6. The molecule has 0 amide bonds. The van der Waals surface area contributed by atoms with Crippen LogP contribution in [0.25, 0.3) is 0 Å². The number of nitrogen functional groups attached to an aromatic ring is 1. The van der Waals surface area contributed by atoms with Crippen LogP contribution in [0.1, 0.15) is 11.4 Å². The third kappa shape index (κ3) is 3.50. The molecule has 0 unspecified atom stereocenters. The molecule has 0 aliphatic carbocycles. The Labute approximate surface area is 131 Å². The molecule has 0 spiro atoms. The third-order valence-electron chi connectivity index (χ3n) is 2.82. The van der Waals surface area contributed by atoms with Gasteiger partial charge in [0.05, 0.1) is 5.75 Å². The molecule has 0 bridgehead atoms. The minimum Gasteiger partial charge on any atom is -0.368 e. The number of para-hydroxylation sites is 1. The number of hydrogen-bond acceptors (Lipinski definition) is 8. The summed E-state index contributed by atoms with van der Waals surface area (Å²) in [6.45, 7) is 2.01. The van der Waals surface area contributed by atoms with Crippen LogP contribution < -0.4 is 11.1 Å². The van der Waals surface area contributed by atoms with Gasteiger partial charge >= 0.3 is 0 Å². The van der Waals surface area contributed by atoms with E-state index in [1.165, 1.54) is 18.1 Å². The molecular formula is C13H14N8S. The fourth-order valence-corrected chi connectivity index (χ4v) is 2.42. The van der Waals surface area contributed by atoms with Gasteiger partial charge in [-0.1, -0.05) is 30.0 Å². The molecule has 9 heteroatoms. The highest BCUT2D eigenvalue weighted by atomic mass is 32.2.